The second-order valence-electron chi connectivity index (χ2n) is 5.43. The molecule has 0 unspecified atom stereocenters. The molecule has 0 bridgehead atoms. The Balaban J connectivity index is 2.24. The summed E-state index contributed by atoms with van der Waals surface area (Å²) >= 11 is 3.30. The maximum Gasteiger partial charge on any atom is 0.245 e. The van der Waals surface area contributed by atoms with E-state index in [0.29, 0.717) is 11.3 Å². The number of Topliss-reactive ketones (excluding diaryl/α,β-unsaturated/α-hetero) is 1. The van der Waals surface area contributed by atoms with Crippen LogP contribution in [0.5, 0.6) is 0 Å². The van der Waals surface area contributed by atoms with E-state index in [0.717, 1.165) is 15.0 Å². The molecule has 0 fully saturated rings. The van der Waals surface area contributed by atoms with Crippen molar-refractivity contribution in [3.63, 3.8) is 0 Å². The highest BCUT2D eigenvalue weighted by atomic mass is 79.9. The third kappa shape index (κ3) is 5.40. The van der Waals surface area contributed by atoms with Gasteiger partial charge in [0.15, 0.2) is 5.78 Å². The van der Waals surface area contributed by atoms with Gasteiger partial charge < -0.3 is 5.32 Å². The van der Waals surface area contributed by atoms with Gasteiger partial charge in [0.05, 0.1) is 11.9 Å². The summed E-state index contributed by atoms with van der Waals surface area (Å²) in [5, 5.41) is 2.65. The Morgan fingerprint density at radius 2 is 1.76 bits per heavy atom. The van der Waals surface area contributed by atoms with Crippen LogP contribution in [0.1, 0.15) is 17.3 Å². The van der Waals surface area contributed by atoms with Crippen molar-refractivity contribution in [2.24, 2.45) is 0 Å². The number of ketones is 1. The van der Waals surface area contributed by atoms with Gasteiger partial charge in [-0.05, 0) is 43.3 Å². The van der Waals surface area contributed by atoms with E-state index in [1.165, 1.54) is 13.0 Å². The van der Waals surface area contributed by atoms with Crippen molar-refractivity contribution in [2.75, 3.05) is 22.4 Å². The molecule has 0 aliphatic heterocycles. The minimum absolute atomic E-state index is 0.186. The number of nitrogens with zero attached hydrogens (tertiary/aromatic N) is 1. The minimum Gasteiger partial charge on any atom is -0.325 e. The Labute approximate surface area is 155 Å². The summed E-state index contributed by atoms with van der Waals surface area (Å²) in [5.74, 6) is -0.671. The van der Waals surface area contributed by atoms with Crippen LogP contribution in [-0.2, 0) is 14.8 Å². The van der Waals surface area contributed by atoms with E-state index < -0.39 is 22.5 Å². The molecule has 132 valence electrons. The third-order valence-electron chi connectivity index (χ3n) is 3.36. The molecule has 0 saturated heterocycles. The number of hydrogen-bond acceptors (Lipinski definition) is 4. The molecule has 0 aliphatic carbocycles. The van der Waals surface area contributed by atoms with Crippen LogP contribution in [0.4, 0.5) is 11.4 Å². The number of carbonyl (C=O) groups is 2. The van der Waals surface area contributed by atoms with Crippen molar-refractivity contribution in [3.8, 4) is 0 Å². The van der Waals surface area contributed by atoms with E-state index in [2.05, 4.69) is 21.2 Å². The van der Waals surface area contributed by atoms with Gasteiger partial charge in [0.2, 0.25) is 15.9 Å². The zero-order valence-electron chi connectivity index (χ0n) is 13.7. The van der Waals surface area contributed by atoms with Crippen LogP contribution in [0.2, 0.25) is 0 Å². The van der Waals surface area contributed by atoms with Gasteiger partial charge in [-0.1, -0.05) is 28.1 Å². The van der Waals surface area contributed by atoms with E-state index in [-0.39, 0.29) is 11.5 Å². The zero-order valence-corrected chi connectivity index (χ0v) is 16.1. The van der Waals surface area contributed by atoms with Crippen molar-refractivity contribution < 1.29 is 18.0 Å². The van der Waals surface area contributed by atoms with Gasteiger partial charge in [-0.25, -0.2) is 8.42 Å². The number of halogens is 1. The summed E-state index contributed by atoms with van der Waals surface area (Å²) in [6.07, 6.45) is 1.01. The number of nitrogens with one attached hydrogen (secondary N) is 1. The first-order chi connectivity index (χ1) is 11.7. The smallest absolute Gasteiger partial charge is 0.245 e. The molecule has 0 atom stereocenters. The van der Waals surface area contributed by atoms with Gasteiger partial charge in [0.25, 0.3) is 0 Å². The summed E-state index contributed by atoms with van der Waals surface area (Å²) in [6, 6.07) is 13.1. The molecule has 6 nitrogen and oxygen atoms in total. The zero-order chi connectivity index (χ0) is 18.6. The number of amides is 1. The van der Waals surface area contributed by atoms with Crippen molar-refractivity contribution >= 4 is 49.0 Å². The Kier molecular flexibility index (Phi) is 5.97. The van der Waals surface area contributed by atoms with Gasteiger partial charge >= 0.3 is 0 Å². The average molecular weight is 425 g/mol. The first-order valence-corrected chi connectivity index (χ1v) is 9.95. The lowest BCUT2D eigenvalue weighted by atomic mass is 10.1. The van der Waals surface area contributed by atoms with E-state index in [9.17, 15) is 18.0 Å². The Hall–Kier alpha value is -2.19. The third-order valence-corrected chi connectivity index (χ3v) is 5.03. The van der Waals surface area contributed by atoms with E-state index in [1.807, 2.05) is 0 Å². The van der Waals surface area contributed by atoms with Crippen LogP contribution in [-0.4, -0.2) is 32.9 Å². The maximum absolute atomic E-state index is 12.3. The van der Waals surface area contributed by atoms with Crippen LogP contribution in [0.15, 0.2) is 53.0 Å². The minimum atomic E-state index is -3.70. The summed E-state index contributed by atoms with van der Waals surface area (Å²) in [4.78, 5) is 23.8. The molecule has 25 heavy (non-hydrogen) atoms. The van der Waals surface area contributed by atoms with Crippen molar-refractivity contribution in [2.45, 2.75) is 6.92 Å². The molecular formula is C17H17BrN2O4S. The summed E-state index contributed by atoms with van der Waals surface area (Å²) in [5.41, 5.74) is 1.19. The Morgan fingerprint density at radius 3 is 2.32 bits per heavy atom. The first kappa shape index (κ1) is 19.1. The molecule has 8 heteroatoms. The van der Waals surface area contributed by atoms with E-state index >= 15 is 0 Å². The molecule has 2 aromatic carbocycles. The lowest BCUT2D eigenvalue weighted by Gasteiger charge is -2.22. The SMILES string of the molecule is CC(=O)c1cccc(N(CC(=O)Nc2ccc(Br)cc2)S(C)(=O)=O)c1. The molecule has 0 saturated carbocycles. The van der Waals surface area contributed by atoms with Crippen LogP contribution in [0, 0.1) is 0 Å². The lowest BCUT2D eigenvalue weighted by Crippen LogP contribution is -2.37. The number of anilines is 2. The van der Waals surface area contributed by atoms with Crippen molar-refractivity contribution in [3.05, 3.63) is 58.6 Å². The van der Waals surface area contributed by atoms with E-state index in [1.54, 1.807) is 42.5 Å². The fourth-order valence-electron chi connectivity index (χ4n) is 2.14. The summed E-state index contributed by atoms with van der Waals surface area (Å²) in [6.45, 7) is 1.00. The lowest BCUT2D eigenvalue weighted by molar-refractivity contribution is -0.114. The molecule has 1 amide bonds. The van der Waals surface area contributed by atoms with Gasteiger partial charge in [0, 0.05) is 15.7 Å². The number of sulfonamides is 1. The monoisotopic (exact) mass is 424 g/mol. The van der Waals surface area contributed by atoms with Gasteiger partial charge in [0.1, 0.15) is 6.54 Å². The number of rotatable bonds is 6. The van der Waals surface area contributed by atoms with Crippen molar-refractivity contribution in [1.82, 2.24) is 0 Å². The van der Waals surface area contributed by atoms with Crippen molar-refractivity contribution in [1.29, 1.82) is 0 Å². The molecule has 2 aromatic rings. The molecular weight excluding hydrogens is 408 g/mol. The Morgan fingerprint density at radius 1 is 1.12 bits per heavy atom. The predicted molar refractivity (Wildman–Crippen MR) is 101 cm³/mol. The number of benzene rings is 2. The standard InChI is InChI=1S/C17H17BrN2O4S/c1-12(21)13-4-3-5-16(10-13)20(25(2,23)24)11-17(22)19-15-8-6-14(18)7-9-15/h3-10H,11H2,1-2H3,(H,19,22). The highest BCUT2D eigenvalue weighted by Crippen LogP contribution is 2.20. The van der Waals surface area contributed by atoms with Gasteiger partial charge in [-0.3, -0.25) is 13.9 Å². The number of hydrogen-bond donors (Lipinski definition) is 1. The average Bonchev–Trinajstić information content (AvgIpc) is 2.54. The van der Waals surface area contributed by atoms with Crippen LogP contribution < -0.4 is 9.62 Å². The maximum atomic E-state index is 12.3. The van der Waals surface area contributed by atoms with Gasteiger partial charge in [-0.15, -0.1) is 0 Å². The number of carbonyl (C=O) groups excluding carboxylic acids is 2. The van der Waals surface area contributed by atoms with Crippen LogP contribution >= 0.6 is 15.9 Å². The predicted octanol–water partition coefficient (Wildman–Crippen LogP) is 3.06. The molecule has 0 radical (unpaired) electrons. The molecule has 0 heterocycles. The highest BCUT2D eigenvalue weighted by molar-refractivity contribution is 9.10. The van der Waals surface area contributed by atoms with Crippen LogP contribution in [0.3, 0.4) is 0 Å². The van der Waals surface area contributed by atoms with Crippen LogP contribution in [0.25, 0.3) is 0 Å². The highest BCUT2D eigenvalue weighted by Gasteiger charge is 2.21. The molecule has 2 rings (SSSR count). The molecule has 1 N–H and O–H groups in total. The Bertz CT molecular complexity index is 895. The topological polar surface area (TPSA) is 83.6 Å². The van der Waals surface area contributed by atoms with E-state index in [4.69, 9.17) is 0 Å². The molecule has 0 aromatic heterocycles. The second kappa shape index (κ2) is 7.79. The quantitative estimate of drug-likeness (QED) is 0.722. The van der Waals surface area contributed by atoms with Gasteiger partial charge in [-0.2, -0.15) is 0 Å². The summed E-state index contributed by atoms with van der Waals surface area (Å²) < 4.78 is 26.0. The first-order valence-electron chi connectivity index (χ1n) is 7.31. The largest absolute Gasteiger partial charge is 0.325 e. The summed E-state index contributed by atoms with van der Waals surface area (Å²) in [7, 11) is -3.70. The fraction of sp³-hybridized carbons (Fsp3) is 0.176. The molecule has 0 spiro atoms. The normalized spacial score (nSPS) is 11.0. The second-order valence-corrected chi connectivity index (χ2v) is 8.25. The fourth-order valence-corrected chi connectivity index (χ4v) is 3.26. The molecule has 0 aliphatic rings.